The fraction of sp³-hybridized carbons (Fsp3) is 0.286. The average molecular weight is 513 g/mol. The summed E-state index contributed by atoms with van der Waals surface area (Å²) in [6, 6.07) is 11.4. The topological polar surface area (TPSA) is 60.9 Å². The summed E-state index contributed by atoms with van der Waals surface area (Å²) in [5.41, 5.74) is -0.134. The highest BCUT2D eigenvalue weighted by Crippen LogP contribution is 2.37. The summed E-state index contributed by atoms with van der Waals surface area (Å²) < 4.78 is 0.903. The van der Waals surface area contributed by atoms with E-state index in [1.807, 2.05) is 24.3 Å². The molecule has 2 aromatic rings. The molecule has 0 radical (unpaired) electrons. The van der Waals surface area contributed by atoms with Gasteiger partial charge < -0.3 is 4.90 Å². The van der Waals surface area contributed by atoms with Crippen LogP contribution in [0.3, 0.4) is 0 Å². The Balaban J connectivity index is 2.06. The van der Waals surface area contributed by atoms with Crippen LogP contribution in [0.2, 0.25) is 10.0 Å². The second-order valence-corrected chi connectivity index (χ2v) is 9.29. The molecule has 0 bridgehead atoms. The van der Waals surface area contributed by atoms with Gasteiger partial charge in [0.15, 0.2) is 0 Å². The van der Waals surface area contributed by atoms with Gasteiger partial charge in [0, 0.05) is 35.0 Å². The lowest BCUT2D eigenvalue weighted by Crippen LogP contribution is -2.52. The number of likely N-dealkylation sites (N-methyl/N-ethyl adjacent to an activating group) is 1. The molecule has 0 spiro atoms. The molecule has 3 rings (SSSR count). The number of carbonyl (C=O) groups excluding carboxylic acids is 3. The molecule has 1 aliphatic rings. The fourth-order valence-electron chi connectivity index (χ4n) is 3.36. The van der Waals surface area contributed by atoms with Gasteiger partial charge in [-0.2, -0.15) is 0 Å². The standard InChI is InChI=1S/C21H20BrCl2N3O3/c1-21(11-13-4-6-14(22)7-5-13)19(29)27(17-9-15(23)8-16(24)10-17)20(30)26(21)12-18(28)25(2)3/h4-10H,11-12H2,1-3H3. The Morgan fingerprint density at radius 3 is 2.17 bits per heavy atom. The van der Waals surface area contributed by atoms with Crippen LogP contribution >= 0.6 is 39.1 Å². The van der Waals surface area contributed by atoms with Crippen molar-refractivity contribution in [2.24, 2.45) is 0 Å². The van der Waals surface area contributed by atoms with Crippen LogP contribution in [-0.2, 0) is 16.0 Å². The highest BCUT2D eigenvalue weighted by atomic mass is 79.9. The predicted octanol–water partition coefficient (Wildman–Crippen LogP) is 4.61. The molecule has 1 fully saturated rings. The molecular weight excluding hydrogens is 493 g/mol. The van der Waals surface area contributed by atoms with E-state index in [4.69, 9.17) is 23.2 Å². The third kappa shape index (κ3) is 4.33. The van der Waals surface area contributed by atoms with Crippen molar-refractivity contribution >= 4 is 62.7 Å². The first kappa shape index (κ1) is 22.6. The van der Waals surface area contributed by atoms with Crippen LogP contribution < -0.4 is 4.90 Å². The van der Waals surface area contributed by atoms with Crippen molar-refractivity contribution in [1.82, 2.24) is 9.80 Å². The molecule has 6 nitrogen and oxygen atoms in total. The number of anilines is 1. The van der Waals surface area contributed by atoms with Crippen LogP contribution in [0.4, 0.5) is 10.5 Å². The zero-order valence-corrected chi connectivity index (χ0v) is 19.8. The van der Waals surface area contributed by atoms with E-state index >= 15 is 0 Å². The molecule has 158 valence electrons. The second kappa shape index (κ2) is 8.57. The molecule has 1 atom stereocenters. The fourth-order valence-corrected chi connectivity index (χ4v) is 4.14. The van der Waals surface area contributed by atoms with Crippen molar-refractivity contribution in [3.63, 3.8) is 0 Å². The van der Waals surface area contributed by atoms with E-state index in [1.165, 1.54) is 28.0 Å². The van der Waals surface area contributed by atoms with Crippen LogP contribution in [0.15, 0.2) is 46.9 Å². The van der Waals surface area contributed by atoms with Gasteiger partial charge in [-0.15, -0.1) is 0 Å². The minimum absolute atomic E-state index is 0.227. The van der Waals surface area contributed by atoms with Crippen molar-refractivity contribution in [3.05, 3.63) is 62.5 Å². The highest BCUT2D eigenvalue weighted by molar-refractivity contribution is 9.10. The third-order valence-corrected chi connectivity index (χ3v) is 6.01. The molecule has 9 heteroatoms. The van der Waals surface area contributed by atoms with E-state index in [1.54, 1.807) is 21.0 Å². The number of amides is 4. The summed E-state index contributed by atoms with van der Waals surface area (Å²) in [5.74, 6) is -0.732. The van der Waals surface area contributed by atoms with Gasteiger partial charge in [0.1, 0.15) is 12.1 Å². The predicted molar refractivity (Wildman–Crippen MR) is 121 cm³/mol. The van der Waals surface area contributed by atoms with Crippen molar-refractivity contribution in [3.8, 4) is 0 Å². The molecule has 1 heterocycles. The molecule has 2 aromatic carbocycles. The van der Waals surface area contributed by atoms with Crippen molar-refractivity contribution in [1.29, 1.82) is 0 Å². The van der Waals surface area contributed by atoms with Gasteiger partial charge >= 0.3 is 6.03 Å². The summed E-state index contributed by atoms with van der Waals surface area (Å²) in [5, 5.41) is 0.603. The van der Waals surface area contributed by atoms with Crippen molar-refractivity contribution in [2.75, 3.05) is 25.5 Å². The molecule has 1 aliphatic heterocycles. The summed E-state index contributed by atoms with van der Waals surface area (Å²) in [4.78, 5) is 43.0. The van der Waals surface area contributed by atoms with E-state index in [2.05, 4.69) is 15.9 Å². The smallest absolute Gasteiger partial charge is 0.332 e. The number of hydrogen-bond donors (Lipinski definition) is 0. The quantitative estimate of drug-likeness (QED) is 0.549. The third-order valence-electron chi connectivity index (χ3n) is 5.04. The first-order valence-electron chi connectivity index (χ1n) is 9.10. The zero-order chi connectivity index (χ0) is 22.2. The summed E-state index contributed by atoms with van der Waals surface area (Å²) in [6.07, 6.45) is 0.246. The highest BCUT2D eigenvalue weighted by Gasteiger charge is 2.55. The molecule has 1 unspecified atom stereocenters. The first-order chi connectivity index (χ1) is 14.0. The normalized spacial score (nSPS) is 18.9. The van der Waals surface area contributed by atoms with Gasteiger partial charge in [0.25, 0.3) is 5.91 Å². The monoisotopic (exact) mass is 511 g/mol. The minimum Gasteiger partial charge on any atom is -0.347 e. The molecule has 0 saturated carbocycles. The Bertz CT molecular complexity index is 993. The summed E-state index contributed by atoms with van der Waals surface area (Å²) >= 11 is 15.6. The SMILES string of the molecule is CN(C)C(=O)CN1C(=O)N(c2cc(Cl)cc(Cl)c2)C(=O)C1(C)Cc1ccc(Br)cc1. The van der Waals surface area contributed by atoms with Gasteiger partial charge in [-0.1, -0.05) is 51.3 Å². The van der Waals surface area contributed by atoms with Gasteiger partial charge in [-0.3, -0.25) is 14.5 Å². The Morgan fingerprint density at radius 1 is 1.07 bits per heavy atom. The number of benzene rings is 2. The Hall–Kier alpha value is -2.09. The number of imide groups is 1. The molecule has 0 aliphatic carbocycles. The second-order valence-electron chi connectivity index (χ2n) is 7.50. The molecule has 30 heavy (non-hydrogen) atoms. The van der Waals surface area contributed by atoms with Crippen LogP contribution in [-0.4, -0.2) is 53.8 Å². The molecule has 1 saturated heterocycles. The van der Waals surface area contributed by atoms with Crippen molar-refractivity contribution < 1.29 is 14.4 Å². The average Bonchev–Trinajstić information content (AvgIpc) is 2.83. The molecule has 4 amide bonds. The van der Waals surface area contributed by atoms with Crippen LogP contribution in [0, 0.1) is 0 Å². The maximum atomic E-state index is 13.5. The minimum atomic E-state index is -1.26. The van der Waals surface area contributed by atoms with E-state index in [0.29, 0.717) is 10.0 Å². The van der Waals surface area contributed by atoms with Crippen LogP contribution in [0.25, 0.3) is 0 Å². The zero-order valence-electron chi connectivity index (χ0n) is 16.7. The van der Waals surface area contributed by atoms with Crippen LogP contribution in [0.1, 0.15) is 12.5 Å². The Kier molecular flexibility index (Phi) is 6.45. The van der Waals surface area contributed by atoms with Crippen molar-refractivity contribution in [2.45, 2.75) is 18.9 Å². The number of halogens is 3. The number of nitrogens with zero attached hydrogens (tertiary/aromatic N) is 3. The largest absolute Gasteiger partial charge is 0.347 e. The van der Waals surface area contributed by atoms with E-state index in [-0.39, 0.29) is 24.6 Å². The maximum Gasteiger partial charge on any atom is 0.332 e. The maximum absolute atomic E-state index is 13.5. The lowest BCUT2D eigenvalue weighted by molar-refractivity contribution is -0.131. The van der Waals surface area contributed by atoms with Gasteiger partial charge in [0.05, 0.1) is 5.69 Å². The number of carbonyl (C=O) groups is 3. The summed E-state index contributed by atoms with van der Waals surface area (Å²) in [7, 11) is 3.20. The van der Waals surface area contributed by atoms with Gasteiger partial charge in [-0.25, -0.2) is 9.69 Å². The van der Waals surface area contributed by atoms with E-state index < -0.39 is 17.5 Å². The van der Waals surface area contributed by atoms with E-state index in [0.717, 1.165) is 14.9 Å². The Morgan fingerprint density at radius 2 is 1.63 bits per heavy atom. The number of urea groups is 1. The van der Waals surface area contributed by atoms with Gasteiger partial charge in [0.2, 0.25) is 5.91 Å². The van der Waals surface area contributed by atoms with Gasteiger partial charge in [-0.05, 0) is 42.8 Å². The Labute approximate surface area is 193 Å². The summed E-state index contributed by atoms with van der Waals surface area (Å²) in [6.45, 7) is 1.44. The lowest BCUT2D eigenvalue weighted by Gasteiger charge is -2.32. The lowest BCUT2D eigenvalue weighted by atomic mass is 9.91. The number of rotatable bonds is 5. The first-order valence-corrected chi connectivity index (χ1v) is 10.6. The molecular formula is C21H20BrCl2N3O3. The molecule has 0 N–H and O–H groups in total. The van der Waals surface area contributed by atoms with Crippen LogP contribution in [0.5, 0.6) is 0 Å². The number of hydrogen-bond acceptors (Lipinski definition) is 3. The van der Waals surface area contributed by atoms with E-state index in [9.17, 15) is 14.4 Å². The molecule has 0 aromatic heterocycles.